The Balaban J connectivity index is 0. The fourth-order valence-electron chi connectivity index (χ4n) is 0.849. The van der Waals surface area contributed by atoms with Gasteiger partial charge in [-0.1, -0.05) is 0 Å². The maximum atomic E-state index is 12.0. The number of ether oxygens (including phenoxy) is 2. The van der Waals surface area contributed by atoms with Crippen LogP contribution in [0.1, 0.15) is 0 Å². The first-order valence-corrected chi connectivity index (χ1v) is 4.52. The van der Waals surface area contributed by atoms with Crippen molar-refractivity contribution < 1.29 is 23.8 Å². The quantitative estimate of drug-likeness (QED) is 0.645. The van der Waals surface area contributed by atoms with Gasteiger partial charge in [-0.3, -0.25) is 4.79 Å². The highest BCUT2D eigenvalue weighted by atomic mass is 19.1. The Hall–Kier alpha value is -0.720. The molecule has 0 rings (SSSR count). The monoisotopic (exact) mass is 225 g/mol. The number of aliphatic hydroxyl groups is 1. The molecule has 1 amide bonds. The van der Waals surface area contributed by atoms with Crippen LogP contribution in [0.2, 0.25) is 0 Å². The van der Waals surface area contributed by atoms with Crippen molar-refractivity contribution in [2.24, 2.45) is 0 Å². The Bertz CT molecular complexity index is 138. The van der Waals surface area contributed by atoms with Gasteiger partial charge >= 0.3 is 0 Å². The number of nitrogens with zero attached hydrogens (tertiary/aromatic N) is 1. The number of methoxy groups -OCH3 is 2. The maximum Gasteiger partial charge on any atom is 0.254 e. The third kappa shape index (κ3) is 9.58. The van der Waals surface area contributed by atoms with E-state index in [4.69, 9.17) is 14.6 Å². The molecule has 0 aliphatic heterocycles. The number of hydrogen-bond donors (Lipinski definition) is 1. The number of amides is 1. The molecule has 0 atom stereocenters. The summed E-state index contributed by atoms with van der Waals surface area (Å²) in [6.45, 7) is 0.670. The van der Waals surface area contributed by atoms with Crippen LogP contribution in [0.15, 0.2) is 0 Å². The summed E-state index contributed by atoms with van der Waals surface area (Å²) < 4.78 is 21.6. The molecule has 0 saturated carbocycles. The van der Waals surface area contributed by atoms with Crippen LogP contribution in [0.25, 0.3) is 0 Å². The number of alkyl halides is 1. The smallest absolute Gasteiger partial charge is 0.254 e. The molecule has 0 aromatic rings. The molecule has 0 saturated heterocycles. The van der Waals surface area contributed by atoms with E-state index in [-0.39, 0.29) is 0 Å². The molecule has 0 aromatic heterocycles. The number of carbonyl (C=O) groups is 1. The number of halogens is 1. The van der Waals surface area contributed by atoms with Gasteiger partial charge in [0.1, 0.15) is 0 Å². The first-order chi connectivity index (χ1) is 7.26. The fourth-order valence-corrected chi connectivity index (χ4v) is 0.849. The van der Waals surface area contributed by atoms with Crippen LogP contribution in [0.3, 0.4) is 0 Å². The van der Waals surface area contributed by atoms with Gasteiger partial charge in [-0.05, 0) is 0 Å². The number of carbonyl (C=O) groups excluding carboxylic acids is 1. The summed E-state index contributed by atoms with van der Waals surface area (Å²) in [7, 11) is 4.07. The van der Waals surface area contributed by atoms with E-state index in [2.05, 4.69) is 0 Å². The van der Waals surface area contributed by atoms with Crippen molar-refractivity contribution in [3.63, 3.8) is 0 Å². The van der Waals surface area contributed by atoms with Gasteiger partial charge in [-0.2, -0.15) is 0 Å². The average Bonchev–Trinajstić information content (AvgIpc) is 2.31. The Morgan fingerprint density at radius 1 is 1.20 bits per heavy atom. The van der Waals surface area contributed by atoms with Gasteiger partial charge in [0.05, 0.1) is 13.2 Å². The summed E-state index contributed by atoms with van der Waals surface area (Å²) in [5.41, 5.74) is 0. The summed E-state index contributed by atoms with van der Waals surface area (Å²) in [5, 5.41) is 7.00. The van der Waals surface area contributed by atoms with E-state index in [1.54, 1.807) is 0 Å². The molecule has 0 aliphatic carbocycles. The summed E-state index contributed by atoms with van der Waals surface area (Å²) in [6, 6.07) is 0. The lowest BCUT2D eigenvalue weighted by atomic mass is 10.4. The second kappa shape index (κ2) is 13.3. The topological polar surface area (TPSA) is 59.0 Å². The summed E-state index contributed by atoms with van der Waals surface area (Å²) in [4.78, 5) is 12.3. The summed E-state index contributed by atoms with van der Waals surface area (Å²) >= 11 is 0. The van der Waals surface area contributed by atoms with Crippen LogP contribution in [0.4, 0.5) is 4.39 Å². The Labute approximate surface area is 89.8 Å². The molecule has 0 fully saturated rings. The van der Waals surface area contributed by atoms with Gasteiger partial charge in [-0.15, -0.1) is 0 Å². The minimum absolute atomic E-state index is 0.405. The van der Waals surface area contributed by atoms with Gasteiger partial charge in [0.2, 0.25) is 0 Å². The SMILES string of the molecule is CO.COCCN(CCOC)C(=O)CF. The maximum absolute atomic E-state index is 12.0. The van der Waals surface area contributed by atoms with Crippen molar-refractivity contribution in [3.8, 4) is 0 Å². The lowest BCUT2D eigenvalue weighted by molar-refractivity contribution is -0.133. The normalized spacial score (nSPS) is 9.13. The number of hydrogen-bond acceptors (Lipinski definition) is 4. The van der Waals surface area contributed by atoms with Crippen molar-refractivity contribution in [1.82, 2.24) is 4.90 Å². The lowest BCUT2D eigenvalue weighted by Gasteiger charge is -2.20. The molecular weight excluding hydrogens is 205 g/mol. The molecule has 1 N–H and O–H groups in total. The predicted octanol–water partition coefficient (Wildman–Crippen LogP) is -0.314. The second-order valence-electron chi connectivity index (χ2n) is 2.50. The van der Waals surface area contributed by atoms with E-state index < -0.39 is 12.6 Å². The molecular formula is C9H20FNO4. The van der Waals surface area contributed by atoms with E-state index in [1.807, 2.05) is 0 Å². The van der Waals surface area contributed by atoms with Gasteiger partial charge < -0.3 is 19.5 Å². The minimum atomic E-state index is -0.965. The first-order valence-electron chi connectivity index (χ1n) is 4.52. The van der Waals surface area contributed by atoms with Crippen LogP contribution in [-0.4, -0.2) is 70.2 Å². The highest BCUT2D eigenvalue weighted by Gasteiger charge is 2.11. The van der Waals surface area contributed by atoms with E-state index in [0.29, 0.717) is 26.3 Å². The Morgan fingerprint density at radius 2 is 1.60 bits per heavy atom. The molecule has 5 nitrogen and oxygen atoms in total. The summed E-state index contributed by atoms with van der Waals surface area (Å²) in [6.07, 6.45) is 0. The fraction of sp³-hybridized carbons (Fsp3) is 0.889. The van der Waals surface area contributed by atoms with Gasteiger partial charge in [-0.25, -0.2) is 4.39 Å². The standard InChI is InChI=1S/C8H16FNO3.CH4O/c1-12-5-3-10(4-6-13-2)8(11)7-9;1-2/h3-7H2,1-2H3;2H,1H3. The Morgan fingerprint density at radius 3 is 1.87 bits per heavy atom. The van der Waals surface area contributed by atoms with E-state index in [1.165, 1.54) is 19.1 Å². The zero-order chi connectivity index (χ0) is 12.1. The number of rotatable bonds is 7. The molecule has 6 heteroatoms. The van der Waals surface area contributed by atoms with Crippen molar-refractivity contribution in [2.45, 2.75) is 0 Å². The molecule has 0 aliphatic rings. The molecule has 15 heavy (non-hydrogen) atoms. The van der Waals surface area contributed by atoms with Crippen molar-refractivity contribution in [2.75, 3.05) is 54.3 Å². The van der Waals surface area contributed by atoms with Crippen LogP contribution < -0.4 is 0 Å². The zero-order valence-corrected chi connectivity index (χ0v) is 9.53. The van der Waals surface area contributed by atoms with E-state index in [0.717, 1.165) is 7.11 Å². The highest BCUT2D eigenvalue weighted by Crippen LogP contribution is 1.91. The third-order valence-electron chi connectivity index (χ3n) is 1.60. The largest absolute Gasteiger partial charge is 0.400 e. The Kier molecular flexibility index (Phi) is 14.8. The average molecular weight is 225 g/mol. The van der Waals surface area contributed by atoms with Crippen molar-refractivity contribution in [3.05, 3.63) is 0 Å². The second-order valence-corrected chi connectivity index (χ2v) is 2.50. The zero-order valence-electron chi connectivity index (χ0n) is 9.53. The van der Waals surface area contributed by atoms with Crippen molar-refractivity contribution in [1.29, 1.82) is 0 Å². The summed E-state index contributed by atoms with van der Waals surface area (Å²) in [5.74, 6) is -0.519. The van der Waals surface area contributed by atoms with E-state index in [9.17, 15) is 9.18 Å². The lowest BCUT2D eigenvalue weighted by Crippen LogP contribution is -2.37. The third-order valence-corrected chi connectivity index (χ3v) is 1.60. The molecule has 0 radical (unpaired) electrons. The molecule has 0 heterocycles. The van der Waals surface area contributed by atoms with Gasteiger partial charge in [0.25, 0.3) is 5.91 Å². The molecule has 0 bridgehead atoms. The van der Waals surface area contributed by atoms with E-state index >= 15 is 0 Å². The number of aliphatic hydroxyl groups excluding tert-OH is 1. The van der Waals surface area contributed by atoms with Crippen LogP contribution in [0.5, 0.6) is 0 Å². The van der Waals surface area contributed by atoms with Crippen LogP contribution in [-0.2, 0) is 14.3 Å². The van der Waals surface area contributed by atoms with Crippen LogP contribution >= 0.6 is 0 Å². The molecule has 0 unspecified atom stereocenters. The molecule has 0 aromatic carbocycles. The molecule has 92 valence electrons. The van der Waals surface area contributed by atoms with Crippen LogP contribution in [0, 0.1) is 0 Å². The highest BCUT2D eigenvalue weighted by molar-refractivity contribution is 5.77. The van der Waals surface area contributed by atoms with Gasteiger partial charge in [0, 0.05) is 34.4 Å². The predicted molar refractivity (Wildman–Crippen MR) is 54.4 cm³/mol. The minimum Gasteiger partial charge on any atom is -0.400 e. The molecule has 0 spiro atoms. The van der Waals surface area contributed by atoms with Crippen molar-refractivity contribution >= 4 is 5.91 Å². The van der Waals surface area contributed by atoms with Gasteiger partial charge in [0.15, 0.2) is 6.67 Å². The first kappa shape index (κ1) is 16.7.